The average molecular weight is 301 g/mol. The van der Waals surface area contributed by atoms with Gasteiger partial charge in [-0.25, -0.2) is 4.98 Å². The third kappa shape index (κ3) is 2.62. The van der Waals surface area contributed by atoms with Crippen molar-refractivity contribution < 1.29 is 9.90 Å². The Labute approximate surface area is 126 Å². The normalized spacial score (nSPS) is 11.0. The summed E-state index contributed by atoms with van der Waals surface area (Å²) in [6.45, 7) is 1.81. The molecule has 3 aromatic rings. The lowest BCUT2D eigenvalue weighted by atomic mass is 10.1. The number of aromatic nitrogens is 2. The maximum Gasteiger partial charge on any atom is 0.323 e. The molecule has 0 amide bonds. The van der Waals surface area contributed by atoms with E-state index in [2.05, 4.69) is 4.98 Å². The third-order valence-corrected chi connectivity index (χ3v) is 3.47. The molecule has 3 rings (SSSR count). The molecule has 1 N–H and O–H groups in total. The molecule has 0 aliphatic carbocycles. The van der Waals surface area contributed by atoms with Gasteiger partial charge in [-0.2, -0.15) is 0 Å². The molecule has 1 heterocycles. The van der Waals surface area contributed by atoms with Gasteiger partial charge in [0, 0.05) is 10.6 Å². The second-order valence-corrected chi connectivity index (χ2v) is 5.36. The molecule has 1 aromatic heterocycles. The summed E-state index contributed by atoms with van der Waals surface area (Å²) in [7, 11) is 0. The number of hydrogen-bond acceptors (Lipinski definition) is 2. The Morgan fingerprint density at radius 3 is 2.76 bits per heavy atom. The molecular formula is C16H13ClN2O2. The molecule has 2 aromatic carbocycles. The number of nitrogens with zero attached hydrogens (tertiary/aromatic N) is 2. The minimum atomic E-state index is -0.904. The van der Waals surface area contributed by atoms with Gasteiger partial charge in [-0.15, -0.1) is 0 Å². The number of imidazole rings is 1. The van der Waals surface area contributed by atoms with Crippen LogP contribution in [0.25, 0.3) is 22.4 Å². The largest absolute Gasteiger partial charge is 0.480 e. The van der Waals surface area contributed by atoms with Crippen LogP contribution in [0.1, 0.15) is 5.56 Å². The zero-order chi connectivity index (χ0) is 15.0. The zero-order valence-corrected chi connectivity index (χ0v) is 12.1. The van der Waals surface area contributed by atoms with E-state index in [0.717, 1.165) is 22.2 Å². The van der Waals surface area contributed by atoms with E-state index in [1.54, 1.807) is 10.6 Å². The van der Waals surface area contributed by atoms with Crippen LogP contribution in [0.15, 0.2) is 42.5 Å². The van der Waals surface area contributed by atoms with E-state index in [4.69, 9.17) is 16.7 Å². The molecule has 0 aliphatic heterocycles. The van der Waals surface area contributed by atoms with Gasteiger partial charge in [0.2, 0.25) is 0 Å². The lowest BCUT2D eigenvalue weighted by molar-refractivity contribution is -0.137. The first kappa shape index (κ1) is 13.6. The molecule has 5 heteroatoms. The molecule has 0 aliphatic rings. The molecule has 106 valence electrons. The molecule has 0 fully saturated rings. The molecule has 0 unspecified atom stereocenters. The summed E-state index contributed by atoms with van der Waals surface area (Å²) in [5.41, 5.74) is 3.39. The Balaban J connectivity index is 2.27. The van der Waals surface area contributed by atoms with Gasteiger partial charge in [0.25, 0.3) is 0 Å². The van der Waals surface area contributed by atoms with Crippen LogP contribution in [0.3, 0.4) is 0 Å². The number of benzene rings is 2. The number of para-hydroxylation sites is 2. The standard InChI is InChI=1S/C16H13ClN2O2/c1-10-6-11(8-12(17)7-10)16-18-13-4-2-3-5-14(13)19(16)9-15(20)21/h2-8H,9H2,1H3,(H,20,21). The highest BCUT2D eigenvalue weighted by Crippen LogP contribution is 2.27. The van der Waals surface area contributed by atoms with Crippen LogP contribution in [0.5, 0.6) is 0 Å². The number of halogens is 1. The lowest BCUT2D eigenvalue weighted by Crippen LogP contribution is -2.10. The van der Waals surface area contributed by atoms with Gasteiger partial charge in [-0.3, -0.25) is 4.79 Å². The number of aliphatic carboxylic acids is 1. The predicted octanol–water partition coefficient (Wildman–Crippen LogP) is 3.75. The van der Waals surface area contributed by atoms with Crippen LogP contribution in [0, 0.1) is 6.92 Å². The highest BCUT2D eigenvalue weighted by Gasteiger charge is 2.15. The fourth-order valence-corrected chi connectivity index (χ4v) is 2.75. The molecule has 21 heavy (non-hydrogen) atoms. The maximum absolute atomic E-state index is 11.2. The van der Waals surface area contributed by atoms with E-state index in [1.165, 1.54) is 0 Å². The van der Waals surface area contributed by atoms with E-state index < -0.39 is 5.97 Å². The minimum Gasteiger partial charge on any atom is -0.480 e. The summed E-state index contributed by atoms with van der Waals surface area (Å²) in [5, 5.41) is 9.76. The topological polar surface area (TPSA) is 55.1 Å². The van der Waals surface area contributed by atoms with E-state index in [1.807, 2.05) is 43.3 Å². The molecule has 0 bridgehead atoms. The highest BCUT2D eigenvalue weighted by atomic mass is 35.5. The van der Waals surface area contributed by atoms with Crippen LogP contribution in [-0.2, 0) is 11.3 Å². The van der Waals surface area contributed by atoms with Gasteiger partial charge in [0.05, 0.1) is 11.0 Å². The number of hydrogen-bond donors (Lipinski definition) is 1. The SMILES string of the molecule is Cc1cc(Cl)cc(-c2nc3ccccc3n2CC(=O)O)c1. The van der Waals surface area contributed by atoms with Gasteiger partial charge in [0.15, 0.2) is 0 Å². The van der Waals surface area contributed by atoms with Gasteiger partial charge >= 0.3 is 5.97 Å². The predicted molar refractivity (Wildman–Crippen MR) is 82.6 cm³/mol. The fraction of sp³-hybridized carbons (Fsp3) is 0.125. The van der Waals surface area contributed by atoms with E-state index in [-0.39, 0.29) is 6.54 Å². The number of carboxylic acid groups (broad SMARTS) is 1. The Bertz CT molecular complexity index is 819. The first-order valence-electron chi connectivity index (χ1n) is 6.49. The Kier molecular flexibility index (Phi) is 3.39. The van der Waals surface area contributed by atoms with E-state index >= 15 is 0 Å². The van der Waals surface area contributed by atoms with Crippen molar-refractivity contribution in [2.45, 2.75) is 13.5 Å². The molecular weight excluding hydrogens is 288 g/mol. The lowest BCUT2D eigenvalue weighted by Gasteiger charge is -2.07. The van der Waals surface area contributed by atoms with Crippen molar-refractivity contribution in [1.82, 2.24) is 9.55 Å². The van der Waals surface area contributed by atoms with E-state index in [9.17, 15) is 4.79 Å². The summed E-state index contributed by atoms with van der Waals surface area (Å²) in [5.74, 6) is -0.289. The quantitative estimate of drug-likeness (QED) is 0.801. The Hall–Kier alpha value is -2.33. The van der Waals surface area contributed by atoms with Crippen molar-refractivity contribution in [3.8, 4) is 11.4 Å². The van der Waals surface area contributed by atoms with Gasteiger partial charge in [-0.05, 0) is 42.8 Å². The van der Waals surface area contributed by atoms with Crippen molar-refractivity contribution in [3.63, 3.8) is 0 Å². The average Bonchev–Trinajstić information content (AvgIpc) is 2.76. The smallest absolute Gasteiger partial charge is 0.323 e. The fourth-order valence-electron chi connectivity index (χ4n) is 2.46. The Morgan fingerprint density at radius 1 is 1.29 bits per heavy atom. The summed E-state index contributed by atoms with van der Waals surface area (Å²) in [6.07, 6.45) is 0. The second-order valence-electron chi connectivity index (χ2n) is 4.92. The third-order valence-electron chi connectivity index (χ3n) is 3.25. The van der Waals surface area contributed by atoms with Crippen molar-refractivity contribution in [2.75, 3.05) is 0 Å². The van der Waals surface area contributed by atoms with Crippen molar-refractivity contribution in [3.05, 3.63) is 53.1 Å². The molecule has 0 radical (unpaired) electrons. The highest BCUT2D eigenvalue weighted by molar-refractivity contribution is 6.30. The summed E-state index contributed by atoms with van der Waals surface area (Å²) < 4.78 is 1.70. The molecule has 4 nitrogen and oxygen atoms in total. The van der Waals surface area contributed by atoms with Crippen molar-refractivity contribution >= 4 is 28.6 Å². The van der Waals surface area contributed by atoms with Gasteiger partial charge in [-0.1, -0.05) is 23.7 Å². The number of fused-ring (bicyclic) bond motifs is 1. The van der Waals surface area contributed by atoms with Crippen molar-refractivity contribution in [1.29, 1.82) is 0 Å². The van der Waals surface area contributed by atoms with Crippen LogP contribution in [0.2, 0.25) is 5.02 Å². The summed E-state index contributed by atoms with van der Waals surface area (Å²) >= 11 is 6.10. The zero-order valence-electron chi connectivity index (χ0n) is 11.4. The van der Waals surface area contributed by atoms with Crippen LogP contribution in [0.4, 0.5) is 0 Å². The van der Waals surface area contributed by atoms with Crippen LogP contribution >= 0.6 is 11.6 Å². The molecule has 0 saturated heterocycles. The van der Waals surface area contributed by atoms with E-state index in [0.29, 0.717) is 10.8 Å². The van der Waals surface area contributed by atoms with Crippen LogP contribution < -0.4 is 0 Å². The second kappa shape index (κ2) is 5.22. The molecule has 0 atom stereocenters. The number of carboxylic acids is 1. The van der Waals surface area contributed by atoms with Gasteiger partial charge < -0.3 is 9.67 Å². The van der Waals surface area contributed by atoms with Crippen molar-refractivity contribution in [2.24, 2.45) is 0 Å². The number of carbonyl (C=O) groups is 1. The summed E-state index contributed by atoms with van der Waals surface area (Å²) in [6, 6.07) is 13.1. The maximum atomic E-state index is 11.2. The minimum absolute atomic E-state index is 0.137. The van der Waals surface area contributed by atoms with Gasteiger partial charge in [0.1, 0.15) is 12.4 Å². The molecule has 0 spiro atoms. The number of rotatable bonds is 3. The summed E-state index contributed by atoms with van der Waals surface area (Å²) in [4.78, 5) is 15.7. The number of aryl methyl sites for hydroxylation is 1. The monoisotopic (exact) mass is 300 g/mol. The Morgan fingerprint density at radius 2 is 2.05 bits per heavy atom. The molecule has 0 saturated carbocycles. The first-order chi connectivity index (χ1) is 10.0. The first-order valence-corrected chi connectivity index (χ1v) is 6.87. The van der Waals surface area contributed by atoms with Crippen LogP contribution in [-0.4, -0.2) is 20.6 Å².